The van der Waals surface area contributed by atoms with E-state index in [1.165, 1.54) is 11.3 Å². The third kappa shape index (κ3) is 4.07. The van der Waals surface area contributed by atoms with Gasteiger partial charge < -0.3 is 14.5 Å². The molecule has 5 heteroatoms. The maximum absolute atomic E-state index is 13.5. The van der Waals surface area contributed by atoms with Gasteiger partial charge in [0.1, 0.15) is 5.75 Å². The SMILES string of the molecule is Cc1ccc(N2CCN(C(=O)C3(Oc4ccc(C#N)cc4)CCCC3)CC2)cc1. The van der Waals surface area contributed by atoms with E-state index in [1.54, 1.807) is 24.3 Å². The van der Waals surface area contributed by atoms with Crippen molar-refractivity contribution >= 4 is 11.6 Å². The van der Waals surface area contributed by atoms with E-state index in [1.807, 2.05) is 4.90 Å². The Morgan fingerprint density at radius 3 is 2.17 bits per heavy atom. The van der Waals surface area contributed by atoms with Gasteiger partial charge in [0.2, 0.25) is 0 Å². The van der Waals surface area contributed by atoms with Crippen molar-refractivity contribution in [2.75, 3.05) is 31.1 Å². The minimum absolute atomic E-state index is 0.114. The fourth-order valence-electron chi connectivity index (χ4n) is 4.34. The quantitative estimate of drug-likeness (QED) is 0.796. The van der Waals surface area contributed by atoms with Crippen LogP contribution in [-0.4, -0.2) is 42.6 Å². The van der Waals surface area contributed by atoms with Crippen molar-refractivity contribution < 1.29 is 9.53 Å². The summed E-state index contributed by atoms with van der Waals surface area (Å²) < 4.78 is 6.29. The van der Waals surface area contributed by atoms with Gasteiger partial charge in [-0.05, 0) is 69.0 Å². The first-order valence-electron chi connectivity index (χ1n) is 10.4. The van der Waals surface area contributed by atoms with E-state index in [0.717, 1.165) is 38.8 Å². The van der Waals surface area contributed by atoms with E-state index in [9.17, 15) is 4.79 Å². The van der Waals surface area contributed by atoms with E-state index in [2.05, 4.69) is 42.2 Å². The van der Waals surface area contributed by atoms with Gasteiger partial charge in [-0.25, -0.2) is 0 Å². The number of amides is 1. The molecule has 0 unspecified atom stereocenters. The van der Waals surface area contributed by atoms with Crippen LogP contribution in [-0.2, 0) is 4.79 Å². The number of hydrogen-bond donors (Lipinski definition) is 0. The smallest absolute Gasteiger partial charge is 0.266 e. The summed E-state index contributed by atoms with van der Waals surface area (Å²) in [6, 6.07) is 17.7. The lowest BCUT2D eigenvalue weighted by molar-refractivity contribution is -0.148. The number of rotatable bonds is 4. The molecule has 1 saturated carbocycles. The molecule has 1 heterocycles. The summed E-state index contributed by atoms with van der Waals surface area (Å²) in [6.45, 7) is 5.19. The number of nitrogens with zero attached hydrogens (tertiary/aromatic N) is 3. The summed E-state index contributed by atoms with van der Waals surface area (Å²) in [7, 11) is 0. The van der Waals surface area contributed by atoms with Crippen LogP contribution in [0, 0.1) is 18.3 Å². The lowest BCUT2D eigenvalue weighted by atomic mass is 9.99. The molecule has 0 radical (unpaired) electrons. The molecule has 0 spiro atoms. The Kier molecular flexibility index (Phi) is 5.44. The van der Waals surface area contributed by atoms with Gasteiger partial charge in [-0.3, -0.25) is 4.79 Å². The maximum atomic E-state index is 13.5. The number of piperazine rings is 1. The Bertz CT molecular complexity index is 885. The van der Waals surface area contributed by atoms with Crippen molar-refractivity contribution in [2.45, 2.75) is 38.2 Å². The van der Waals surface area contributed by atoms with E-state index in [0.29, 0.717) is 24.4 Å². The Labute approximate surface area is 172 Å². The normalized spacial score (nSPS) is 18.3. The predicted octanol–water partition coefficient (Wildman–Crippen LogP) is 3.91. The van der Waals surface area contributed by atoms with Gasteiger partial charge in [-0.1, -0.05) is 17.7 Å². The molecule has 29 heavy (non-hydrogen) atoms. The van der Waals surface area contributed by atoms with Crippen LogP contribution in [0.4, 0.5) is 5.69 Å². The summed E-state index contributed by atoms with van der Waals surface area (Å²) in [4.78, 5) is 17.8. The first-order chi connectivity index (χ1) is 14.1. The van der Waals surface area contributed by atoms with Crippen molar-refractivity contribution in [3.63, 3.8) is 0 Å². The van der Waals surface area contributed by atoms with E-state index in [-0.39, 0.29) is 5.91 Å². The highest BCUT2D eigenvalue weighted by atomic mass is 16.5. The Hall–Kier alpha value is -3.00. The average Bonchev–Trinajstić information content (AvgIpc) is 3.24. The molecule has 2 aliphatic rings. The van der Waals surface area contributed by atoms with Crippen LogP contribution in [0.2, 0.25) is 0 Å². The second-order valence-corrected chi connectivity index (χ2v) is 8.05. The van der Waals surface area contributed by atoms with Crippen molar-refractivity contribution in [3.8, 4) is 11.8 Å². The van der Waals surface area contributed by atoms with Crippen LogP contribution in [0.15, 0.2) is 48.5 Å². The molecule has 4 rings (SSSR count). The average molecular weight is 389 g/mol. The van der Waals surface area contributed by atoms with Crippen LogP contribution in [0.1, 0.15) is 36.8 Å². The minimum Gasteiger partial charge on any atom is -0.477 e. The molecule has 0 bridgehead atoms. The Balaban J connectivity index is 1.43. The third-order valence-electron chi connectivity index (χ3n) is 6.06. The molecule has 1 amide bonds. The lowest BCUT2D eigenvalue weighted by Crippen LogP contribution is -2.57. The van der Waals surface area contributed by atoms with Crippen molar-refractivity contribution in [1.82, 2.24) is 4.90 Å². The molecule has 150 valence electrons. The van der Waals surface area contributed by atoms with E-state index < -0.39 is 5.60 Å². The fourth-order valence-corrected chi connectivity index (χ4v) is 4.34. The topological polar surface area (TPSA) is 56.6 Å². The first-order valence-corrected chi connectivity index (χ1v) is 10.4. The minimum atomic E-state index is -0.764. The van der Waals surface area contributed by atoms with E-state index in [4.69, 9.17) is 10.00 Å². The summed E-state index contributed by atoms with van der Waals surface area (Å²) >= 11 is 0. The standard InChI is InChI=1S/C24H27N3O2/c1-19-4-8-21(9-5-19)26-14-16-27(17-15-26)23(28)24(12-2-3-13-24)29-22-10-6-20(18-25)7-11-22/h4-11H,2-3,12-17H2,1H3. The zero-order valence-electron chi connectivity index (χ0n) is 16.9. The molecule has 2 fully saturated rings. The Morgan fingerprint density at radius 1 is 0.966 bits per heavy atom. The summed E-state index contributed by atoms with van der Waals surface area (Å²) in [5.74, 6) is 0.778. The summed E-state index contributed by atoms with van der Waals surface area (Å²) in [6.07, 6.45) is 3.52. The number of aryl methyl sites for hydroxylation is 1. The van der Waals surface area contributed by atoms with Crippen LogP contribution in [0.3, 0.4) is 0 Å². The van der Waals surface area contributed by atoms with Gasteiger partial charge in [0, 0.05) is 31.9 Å². The zero-order valence-corrected chi connectivity index (χ0v) is 16.9. The van der Waals surface area contributed by atoms with Crippen LogP contribution in [0.25, 0.3) is 0 Å². The molecule has 2 aromatic carbocycles. The maximum Gasteiger partial charge on any atom is 0.266 e. The molecule has 2 aromatic rings. The number of nitriles is 1. The third-order valence-corrected chi connectivity index (χ3v) is 6.06. The highest BCUT2D eigenvalue weighted by molar-refractivity contribution is 5.86. The number of anilines is 1. The number of carbonyl (C=O) groups is 1. The van der Waals surface area contributed by atoms with Gasteiger partial charge >= 0.3 is 0 Å². The van der Waals surface area contributed by atoms with Crippen molar-refractivity contribution in [3.05, 3.63) is 59.7 Å². The fraction of sp³-hybridized carbons (Fsp3) is 0.417. The number of carbonyl (C=O) groups excluding carboxylic acids is 1. The molecule has 1 saturated heterocycles. The number of hydrogen-bond acceptors (Lipinski definition) is 4. The number of benzene rings is 2. The predicted molar refractivity (Wildman–Crippen MR) is 113 cm³/mol. The molecular formula is C24H27N3O2. The van der Waals surface area contributed by atoms with Crippen LogP contribution in [0.5, 0.6) is 5.75 Å². The van der Waals surface area contributed by atoms with Gasteiger partial charge in [-0.2, -0.15) is 5.26 Å². The molecular weight excluding hydrogens is 362 g/mol. The molecule has 0 N–H and O–H groups in total. The molecule has 0 atom stereocenters. The second-order valence-electron chi connectivity index (χ2n) is 8.05. The number of ether oxygens (including phenoxy) is 1. The van der Waals surface area contributed by atoms with Crippen molar-refractivity contribution in [1.29, 1.82) is 5.26 Å². The zero-order chi connectivity index (χ0) is 20.3. The van der Waals surface area contributed by atoms with E-state index >= 15 is 0 Å². The molecule has 5 nitrogen and oxygen atoms in total. The van der Waals surface area contributed by atoms with Gasteiger partial charge in [-0.15, -0.1) is 0 Å². The van der Waals surface area contributed by atoms with Gasteiger partial charge in [0.25, 0.3) is 5.91 Å². The highest BCUT2D eigenvalue weighted by Crippen LogP contribution is 2.36. The van der Waals surface area contributed by atoms with Crippen molar-refractivity contribution in [2.24, 2.45) is 0 Å². The van der Waals surface area contributed by atoms with Crippen LogP contribution < -0.4 is 9.64 Å². The van der Waals surface area contributed by atoms with Gasteiger partial charge in [0.05, 0.1) is 11.6 Å². The van der Waals surface area contributed by atoms with Gasteiger partial charge in [0.15, 0.2) is 5.60 Å². The second kappa shape index (κ2) is 8.16. The molecule has 1 aliphatic carbocycles. The summed E-state index contributed by atoms with van der Waals surface area (Å²) in [5, 5.41) is 8.98. The van der Waals surface area contributed by atoms with Crippen LogP contribution >= 0.6 is 0 Å². The Morgan fingerprint density at radius 2 is 1.59 bits per heavy atom. The lowest BCUT2D eigenvalue weighted by Gasteiger charge is -2.40. The first kappa shape index (κ1) is 19.3. The largest absolute Gasteiger partial charge is 0.477 e. The monoisotopic (exact) mass is 389 g/mol. The molecule has 1 aliphatic heterocycles. The summed E-state index contributed by atoms with van der Waals surface area (Å²) in [5.41, 5.74) is 2.30. The molecule has 0 aromatic heterocycles. The highest BCUT2D eigenvalue weighted by Gasteiger charge is 2.46.